The average molecular weight is 444 g/mol. The van der Waals surface area contributed by atoms with Gasteiger partial charge in [0.05, 0.1) is 23.8 Å². The summed E-state index contributed by atoms with van der Waals surface area (Å²) in [5.74, 6) is -1.09. The highest BCUT2D eigenvalue weighted by molar-refractivity contribution is 7.99. The molecule has 0 aliphatic heterocycles. The molecule has 0 bridgehead atoms. The van der Waals surface area contributed by atoms with Crippen molar-refractivity contribution in [1.29, 1.82) is 0 Å². The fourth-order valence-electron chi connectivity index (χ4n) is 2.96. The maximum atomic E-state index is 13.2. The maximum absolute atomic E-state index is 13.2. The van der Waals surface area contributed by atoms with E-state index in [1.54, 1.807) is 19.1 Å². The van der Waals surface area contributed by atoms with Crippen LogP contribution in [0.15, 0.2) is 57.3 Å². The Balaban J connectivity index is 2.14. The van der Waals surface area contributed by atoms with Crippen molar-refractivity contribution in [3.8, 4) is 0 Å². The Morgan fingerprint density at radius 1 is 1.24 bits per heavy atom. The number of pyridine rings is 1. The summed E-state index contributed by atoms with van der Waals surface area (Å²) in [5, 5.41) is 9.19. The van der Waals surface area contributed by atoms with Crippen LogP contribution < -0.4 is 0 Å². The molecule has 3 rings (SSSR count). The van der Waals surface area contributed by atoms with Gasteiger partial charge in [-0.25, -0.2) is 4.21 Å². The number of carboxylic acids is 1. The molecule has 2 N–H and O–H groups in total. The normalized spacial score (nSPS) is 14.1. The van der Waals surface area contributed by atoms with Crippen LogP contribution >= 0.6 is 11.8 Å². The van der Waals surface area contributed by atoms with Gasteiger partial charge in [0.15, 0.2) is 0 Å². The van der Waals surface area contributed by atoms with Gasteiger partial charge in [-0.15, -0.1) is 0 Å². The van der Waals surface area contributed by atoms with Gasteiger partial charge in [-0.05, 0) is 48.9 Å². The van der Waals surface area contributed by atoms with Crippen molar-refractivity contribution < 1.29 is 31.5 Å². The molecule has 154 valence electrons. The van der Waals surface area contributed by atoms with Gasteiger partial charge in [-0.3, -0.25) is 4.79 Å². The summed E-state index contributed by atoms with van der Waals surface area (Å²) in [5.41, 5.74) is 0.395. The zero-order valence-corrected chi connectivity index (χ0v) is 17.0. The molecule has 0 saturated heterocycles. The quantitative estimate of drug-likeness (QED) is 0.583. The van der Waals surface area contributed by atoms with Crippen LogP contribution in [0.2, 0.25) is 0 Å². The highest BCUT2D eigenvalue weighted by Gasteiger charge is 2.31. The van der Waals surface area contributed by atoms with Crippen molar-refractivity contribution in [2.24, 2.45) is 0 Å². The van der Waals surface area contributed by atoms with Crippen LogP contribution in [-0.4, -0.2) is 30.2 Å². The molecular weight excluding hydrogens is 427 g/mol. The van der Waals surface area contributed by atoms with E-state index < -0.39 is 27.5 Å². The number of hydrogen-bond donors (Lipinski definition) is 1. The highest BCUT2D eigenvalue weighted by Crippen LogP contribution is 2.39. The van der Waals surface area contributed by atoms with Crippen molar-refractivity contribution in [3.05, 3.63) is 59.4 Å². The third kappa shape index (κ3) is 4.43. The van der Waals surface area contributed by atoms with Gasteiger partial charge in [0.25, 0.3) is 9.84 Å². The van der Waals surface area contributed by atoms with E-state index in [4.69, 9.17) is 0 Å². The van der Waals surface area contributed by atoms with Crippen molar-refractivity contribution in [2.75, 3.05) is 6.26 Å². The molecular formula is C19H17F3NO4S2+. The molecule has 0 fully saturated rings. The number of carboxylic acid groups (broad SMARTS) is 1. The number of halogens is 3. The van der Waals surface area contributed by atoms with E-state index in [9.17, 15) is 31.5 Å². The summed E-state index contributed by atoms with van der Waals surface area (Å²) >= 11 is 1.17. The third-order valence-corrected chi connectivity index (χ3v) is 6.75. The van der Waals surface area contributed by atoms with Crippen LogP contribution in [0.5, 0.6) is 0 Å². The third-order valence-electron chi connectivity index (χ3n) is 4.38. The monoisotopic (exact) mass is 444 g/mol. The Kier molecular flexibility index (Phi) is 5.44. The minimum Gasteiger partial charge on any atom is -0.481 e. The van der Waals surface area contributed by atoms with Gasteiger partial charge < -0.3 is 9.51 Å². The van der Waals surface area contributed by atoms with Crippen molar-refractivity contribution >= 4 is 33.1 Å². The van der Waals surface area contributed by atoms with Crippen LogP contribution in [0.1, 0.15) is 16.8 Å². The second kappa shape index (κ2) is 7.42. The molecule has 5 nitrogen and oxygen atoms in total. The molecule has 3 aromatic rings. The van der Waals surface area contributed by atoms with Crippen LogP contribution in [-0.2, 0) is 27.2 Å². The molecule has 0 spiro atoms. The van der Waals surface area contributed by atoms with E-state index in [0.717, 1.165) is 12.1 Å². The van der Waals surface area contributed by atoms with E-state index in [0.29, 0.717) is 21.0 Å². The van der Waals surface area contributed by atoms with E-state index >= 15 is 0 Å². The zero-order chi connectivity index (χ0) is 21.6. The van der Waals surface area contributed by atoms with Gasteiger partial charge in [-0.1, -0.05) is 11.8 Å². The smallest absolute Gasteiger partial charge is 0.416 e. The summed E-state index contributed by atoms with van der Waals surface area (Å²) in [6.07, 6.45) is -2.44. The van der Waals surface area contributed by atoms with Gasteiger partial charge in [0, 0.05) is 21.7 Å². The lowest BCUT2D eigenvalue weighted by Gasteiger charge is -2.09. The number of alkyl halides is 3. The van der Waals surface area contributed by atoms with Gasteiger partial charge in [0.2, 0.25) is 0 Å². The Hall–Kier alpha value is -2.46. The summed E-state index contributed by atoms with van der Waals surface area (Å²) in [4.78, 5) is 12.6. The maximum Gasteiger partial charge on any atom is 0.416 e. The summed E-state index contributed by atoms with van der Waals surface area (Å²) in [6, 6.07) is 8.09. The summed E-state index contributed by atoms with van der Waals surface area (Å²) < 4.78 is 62.3. The topological polar surface area (TPSA) is 80.2 Å². The van der Waals surface area contributed by atoms with E-state index in [1.807, 2.05) is 0 Å². The molecule has 0 aliphatic carbocycles. The van der Waals surface area contributed by atoms with E-state index in [1.165, 1.54) is 40.7 Å². The highest BCUT2D eigenvalue weighted by atomic mass is 32.2. The molecule has 1 unspecified atom stereocenters. The number of aliphatic carboxylic acids is 1. The Labute approximate surface area is 169 Å². The molecule has 2 heterocycles. The Morgan fingerprint density at radius 2 is 1.86 bits per heavy atom. The molecule has 2 aromatic heterocycles. The molecule has 0 radical (unpaired) electrons. The number of hydrogen-bond acceptors (Lipinski definition) is 3. The largest absolute Gasteiger partial charge is 0.481 e. The molecule has 0 amide bonds. The van der Waals surface area contributed by atoms with Crippen LogP contribution in [0.4, 0.5) is 13.2 Å². The zero-order valence-electron chi connectivity index (χ0n) is 15.4. The van der Waals surface area contributed by atoms with Crippen LogP contribution in [0.25, 0.3) is 5.52 Å². The average Bonchev–Trinajstić information content (AvgIpc) is 2.85. The number of benzene rings is 1. The molecule has 10 heteroatoms. The second-order valence-corrected chi connectivity index (χ2v) is 9.68. The minimum atomic E-state index is -4.53. The first-order chi connectivity index (χ1) is 13.4. The minimum absolute atomic E-state index is 0.242. The summed E-state index contributed by atoms with van der Waals surface area (Å²) in [6.45, 7) is 1.67. The Bertz CT molecular complexity index is 1200. The van der Waals surface area contributed by atoms with Crippen molar-refractivity contribution in [2.45, 2.75) is 34.2 Å². The van der Waals surface area contributed by atoms with Crippen LogP contribution in [0, 0.1) is 6.92 Å². The molecule has 1 atom stereocenters. The first kappa shape index (κ1) is 21.3. The number of carbonyl (C=O) groups is 1. The predicted octanol–water partition coefficient (Wildman–Crippen LogP) is 4.61. The van der Waals surface area contributed by atoms with Gasteiger partial charge >= 0.3 is 12.1 Å². The fourth-order valence-corrected chi connectivity index (χ4v) is 4.64. The van der Waals surface area contributed by atoms with Crippen LogP contribution in [0.3, 0.4) is 0 Å². The first-order valence-corrected chi connectivity index (χ1v) is 11.0. The molecule has 29 heavy (non-hydrogen) atoms. The lowest BCUT2D eigenvalue weighted by Crippen LogP contribution is -2.07. The van der Waals surface area contributed by atoms with Crippen molar-refractivity contribution in [3.63, 3.8) is 0 Å². The lowest BCUT2D eigenvalue weighted by atomic mass is 10.2. The van der Waals surface area contributed by atoms with E-state index in [-0.39, 0.29) is 16.8 Å². The fraction of sp³-hybridized carbons (Fsp3) is 0.211. The number of fused-ring (bicyclic) bond motifs is 1. The number of rotatable bonds is 5. The lowest BCUT2D eigenvalue weighted by molar-refractivity contribution is -0.138. The standard InChI is InChI=1S/C19H16F3NO4S2/c1-11-15(10-17(24)25)23-8-7-12(19(20,21)22)9-16(23)18(11)28-13-3-5-14(6-4-13)29(2,26)27/h3-9H,10H2,1-2H3,(H,24,25)/p+1. The number of aromatic nitrogens is 1. The molecule has 1 aromatic carbocycles. The SMILES string of the molecule is Cc1c(Sc2ccc(S(C)(=O)=[OH+])cc2)c2cc(C(F)(F)F)ccn2c1CC(=O)O. The molecule has 0 saturated carbocycles. The first-order valence-electron chi connectivity index (χ1n) is 8.30. The van der Waals surface area contributed by atoms with Gasteiger partial charge in [0.1, 0.15) is 4.90 Å². The predicted molar refractivity (Wildman–Crippen MR) is 103 cm³/mol. The van der Waals surface area contributed by atoms with E-state index in [2.05, 4.69) is 0 Å². The molecule has 0 aliphatic rings. The van der Waals surface area contributed by atoms with Gasteiger partial charge in [-0.2, -0.15) is 17.4 Å². The second-order valence-electron chi connectivity index (χ2n) is 6.52. The summed E-state index contributed by atoms with van der Waals surface area (Å²) in [7, 11) is -3.12. The Morgan fingerprint density at radius 3 is 2.38 bits per heavy atom. The van der Waals surface area contributed by atoms with Crippen molar-refractivity contribution in [1.82, 2.24) is 4.40 Å². The number of nitrogens with zero attached hydrogens (tertiary/aromatic N) is 1.